The lowest BCUT2D eigenvalue weighted by Crippen LogP contribution is -2.01. The smallest absolute Gasteiger partial charge is 0.132 e. The van der Waals surface area contributed by atoms with Gasteiger partial charge >= 0.3 is 0 Å². The molecule has 7 heteroatoms. The first kappa shape index (κ1) is 14.6. The van der Waals surface area contributed by atoms with Crippen LogP contribution in [0.25, 0.3) is 11.1 Å². The Hall–Kier alpha value is -2.34. The molecule has 0 aliphatic carbocycles. The Bertz CT molecular complexity index is 833. The standard InChI is InChI=1S/C15H17ClN6/c1-9-12(4-5-14(17)19-9)11-6-18-22(7-11)8-13-10(2)20-21(3)15(13)16/h4-7H,8H2,1-3H3,(H2,17,19). The first-order valence-corrected chi connectivity index (χ1v) is 7.27. The second-order valence-electron chi connectivity index (χ2n) is 5.27. The number of nitrogens with zero attached hydrogens (tertiary/aromatic N) is 5. The van der Waals surface area contributed by atoms with E-state index in [-0.39, 0.29) is 0 Å². The minimum atomic E-state index is 0.520. The van der Waals surface area contributed by atoms with Gasteiger partial charge in [-0.3, -0.25) is 9.36 Å². The molecule has 0 saturated carbocycles. The van der Waals surface area contributed by atoms with E-state index in [1.165, 1.54) is 0 Å². The molecule has 0 fully saturated rings. The molecular weight excluding hydrogens is 300 g/mol. The highest BCUT2D eigenvalue weighted by molar-refractivity contribution is 6.30. The van der Waals surface area contributed by atoms with E-state index in [4.69, 9.17) is 17.3 Å². The molecule has 3 aromatic heterocycles. The third-order valence-corrected chi connectivity index (χ3v) is 4.11. The predicted octanol–water partition coefficient (Wildman–Crippen LogP) is 2.58. The summed E-state index contributed by atoms with van der Waals surface area (Å²) in [6.45, 7) is 4.46. The van der Waals surface area contributed by atoms with Crippen LogP contribution < -0.4 is 5.73 Å². The van der Waals surface area contributed by atoms with Gasteiger partial charge in [0.25, 0.3) is 0 Å². The fraction of sp³-hybridized carbons (Fsp3) is 0.267. The quantitative estimate of drug-likeness (QED) is 0.806. The molecule has 0 amide bonds. The van der Waals surface area contributed by atoms with Crippen molar-refractivity contribution in [1.82, 2.24) is 24.5 Å². The number of rotatable bonds is 3. The van der Waals surface area contributed by atoms with Crippen LogP contribution in [0, 0.1) is 13.8 Å². The summed E-state index contributed by atoms with van der Waals surface area (Å²) in [5, 5.41) is 9.36. The second-order valence-corrected chi connectivity index (χ2v) is 5.63. The number of hydrogen-bond acceptors (Lipinski definition) is 4. The monoisotopic (exact) mass is 316 g/mol. The molecule has 0 unspecified atom stereocenters. The Morgan fingerprint density at radius 1 is 1.23 bits per heavy atom. The van der Waals surface area contributed by atoms with Crippen molar-refractivity contribution in [2.75, 3.05) is 5.73 Å². The molecule has 3 rings (SSSR count). The highest BCUT2D eigenvalue weighted by Gasteiger charge is 2.13. The van der Waals surface area contributed by atoms with Gasteiger partial charge in [-0.05, 0) is 26.0 Å². The molecule has 2 N–H and O–H groups in total. The lowest BCUT2D eigenvalue weighted by molar-refractivity contribution is 0.684. The van der Waals surface area contributed by atoms with Gasteiger partial charge in [0.15, 0.2) is 0 Å². The number of hydrogen-bond donors (Lipinski definition) is 1. The van der Waals surface area contributed by atoms with Gasteiger partial charge in [-0.25, -0.2) is 4.98 Å². The fourth-order valence-corrected chi connectivity index (χ4v) is 2.72. The van der Waals surface area contributed by atoms with Crippen molar-refractivity contribution in [2.24, 2.45) is 7.05 Å². The van der Waals surface area contributed by atoms with Crippen molar-refractivity contribution in [3.05, 3.63) is 46.6 Å². The number of halogens is 1. The van der Waals surface area contributed by atoms with Crippen molar-refractivity contribution < 1.29 is 0 Å². The zero-order chi connectivity index (χ0) is 15.9. The normalized spacial score (nSPS) is 11.1. The van der Waals surface area contributed by atoms with Crippen LogP contribution in [-0.4, -0.2) is 24.5 Å². The number of pyridine rings is 1. The van der Waals surface area contributed by atoms with Gasteiger partial charge in [-0.1, -0.05) is 11.6 Å². The van der Waals surface area contributed by atoms with Crippen molar-refractivity contribution in [1.29, 1.82) is 0 Å². The Kier molecular flexibility index (Phi) is 3.62. The van der Waals surface area contributed by atoms with E-state index in [1.807, 2.05) is 44.0 Å². The summed E-state index contributed by atoms with van der Waals surface area (Å²) in [5.41, 5.74) is 10.5. The third kappa shape index (κ3) is 2.57. The summed E-state index contributed by atoms with van der Waals surface area (Å²) in [5.74, 6) is 0.520. The average Bonchev–Trinajstić information content (AvgIpc) is 3.00. The van der Waals surface area contributed by atoms with Gasteiger partial charge in [0.05, 0.1) is 18.4 Å². The molecule has 0 radical (unpaired) electrons. The Morgan fingerprint density at radius 3 is 2.64 bits per heavy atom. The second kappa shape index (κ2) is 5.46. The van der Waals surface area contributed by atoms with Crippen LogP contribution in [0.15, 0.2) is 24.5 Å². The first-order chi connectivity index (χ1) is 10.5. The number of nitrogen functional groups attached to an aromatic ring is 1. The minimum absolute atomic E-state index is 0.520. The third-order valence-electron chi connectivity index (χ3n) is 3.64. The van der Waals surface area contributed by atoms with Gasteiger partial charge in [0.2, 0.25) is 0 Å². The first-order valence-electron chi connectivity index (χ1n) is 6.89. The predicted molar refractivity (Wildman–Crippen MR) is 86.7 cm³/mol. The van der Waals surface area contributed by atoms with E-state index in [0.717, 1.165) is 28.1 Å². The summed E-state index contributed by atoms with van der Waals surface area (Å²) in [4.78, 5) is 4.28. The maximum Gasteiger partial charge on any atom is 0.132 e. The van der Waals surface area contributed by atoms with E-state index in [2.05, 4.69) is 15.2 Å². The number of nitrogens with two attached hydrogens (primary N) is 1. The molecule has 0 bridgehead atoms. The topological polar surface area (TPSA) is 74.6 Å². The van der Waals surface area contributed by atoms with Crippen molar-refractivity contribution in [3.63, 3.8) is 0 Å². The zero-order valence-electron chi connectivity index (χ0n) is 12.7. The van der Waals surface area contributed by atoms with Crippen LogP contribution in [0.2, 0.25) is 5.15 Å². The summed E-state index contributed by atoms with van der Waals surface area (Å²) >= 11 is 6.27. The molecule has 114 valence electrons. The van der Waals surface area contributed by atoms with E-state index in [0.29, 0.717) is 17.5 Å². The number of aromatic nitrogens is 5. The molecule has 22 heavy (non-hydrogen) atoms. The maximum atomic E-state index is 6.27. The summed E-state index contributed by atoms with van der Waals surface area (Å²) in [6, 6.07) is 3.75. The molecule has 6 nitrogen and oxygen atoms in total. The summed E-state index contributed by atoms with van der Waals surface area (Å²) in [7, 11) is 1.83. The fourth-order valence-electron chi connectivity index (χ4n) is 2.49. The van der Waals surface area contributed by atoms with Gasteiger partial charge < -0.3 is 5.73 Å². The Balaban J connectivity index is 1.91. The van der Waals surface area contributed by atoms with Gasteiger partial charge in [-0.15, -0.1) is 0 Å². The van der Waals surface area contributed by atoms with Crippen molar-refractivity contribution in [3.8, 4) is 11.1 Å². The van der Waals surface area contributed by atoms with Gasteiger partial charge in [0.1, 0.15) is 11.0 Å². The molecule has 3 heterocycles. The van der Waals surface area contributed by atoms with E-state index in [1.54, 1.807) is 10.7 Å². The minimum Gasteiger partial charge on any atom is -0.384 e. The van der Waals surface area contributed by atoms with Crippen molar-refractivity contribution >= 4 is 17.4 Å². The Morgan fingerprint density at radius 2 is 2.00 bits per heavy atom. The Labute approximate surface area is 133 Å². The van der Waals surface area contributed by atoms with E-state index in [9.17, 15) is 0 Å². The lowest BCUT2D eigenvalue weighted by atomic mass is 10.1. The highest BCUT2D eigenvalue weighted by Crippen LogP contribution is 2.24. The largest absolute Gasteiger partial charge is 0.384 e. The van der Waals surface area contributed by atoms with E-state index >= 15 is 0 Å². The zero-order valence-corrected chi connectivity index (χ0v) is 13.5. The molecule has 0 aromatic carbocycles. The highest BCUT2D eigenvalue weighted by atomic mass is 35.5. The van der Waals surface area contributed by atoms with E-state index < -0.39 is 0 Å². The van der Waals surface area contributed by atoms with Gasteiger partial charge in [0, 0.05) is 35.6 Å². The van der Waals surface area contributed by atoms with Gasteiger partial charge in [-0.2, -0.15) is 10.2 Å². The van der Waals surface area contributed by atoms with Crippen LogP contribution in [0.3, 0.4) is 0 Å². The molecule has 0 aliphatic rings. The van der Waals surface area contributed by atoms with Crippen LogP contribution >= 0.6 is 11.6 Å². The van der Waals surface area contributed by atoms with Crippen LogP contribution in [0.1, 0.15) is 17.0 Å². The summed E-state index contributed by atoms with van der Waals surface area (Å²) < 4.78 is 3.52. The molecule has 0 spiro atoms. The average molecular weight is 317 g/mol. The van der Waals surface area contributed by atoms with Crippen molar-refractivity contribution in [2.45, 2.75) is 20.4 Å². The molecule has 0 aliphatic heterocycles. The number of aryl methyl sites for hydroxylation is 3. The molecule has 0 saturated heterocycles. The SMILES string of the molecule is Cc1nc(N)ccc1-c1cnn(Cc2c(C)nn(C)c2Cl)c1. The molecule has 0 atom stereocenters. The maximum absolute atomic E-state index is 6.27. The summed E-state index contributed by atoms with van der Waals surface area (Å²) in [6.07, 6.45) is 3.79. The van der Waals surface area contributed by atoms with Crippen LogP contribution in [0.4, 0.5) is 5.82 Å². The van der Waals surface area contributed by atoms with Crippen LogP contribution in [0.5, 0.6) is 0 Å². The lowest BCUT2D eigenvalue weighted by Gasteiger charge is -2.03. The molecule has 3 aromatic rings. The van der Waals surface area contributed by atoms with Crippen LogP contribution in [-0.2, 0) is 13.6 Å². The number of anilines is 1. The molecular formula is C15H17ClN6.